The van der Waals surface area contributed by atoms with Gasteiger partial charge in [0.25, 0.3) is 0 Å². The summed E-state index contributed by atoms with van der Waals surface area (Å²) < 4.78 is 0. The van der Waals surface area contributed by atoms with Crippen LogP contribution < -0.4 is 10.6 Å². The Kier molecular flexibility index (Phi) is 12.0. The summed E-state index contributed by atoms with van der Waals surface area (Å²) in [7, 11) is 3.95. The Morgan fingerprint density at radius 1 is 1.07 bits per heavy atom. The van der Waals surface area contributed by atoms with Gasteiger partial charge in [0, 0.05) is 32.9 Å². The van der Waals surface area contributed by atoms with Crippen LogP contribution in [0.2, 0.25) is 5.15 Å². The first-order valence-electron chi connectivity index (χ1n) is 8.95. The maximum absolute atomic E-state index is 5.80. The molecule has 2 rings (SSSR count). The molecule has 0 bridgehead atoms. The zero-order chi connectivity index (χ0) is 18.6. The first kappa shape index (κ1) is 23.7. The summed E-state index contributed by atoms with van der Waals surface area (Å²) in [6.07, 6.45) is 3.75. The molecule has 0 fully saturated rings. The molecule has 27 heavy (non-hydrogen) atoms. The highest BCUT2D eigenvalue weighted by Crippen LogP contribution is 2.05. The highest BCUT2D eigenvalue weighted by molar-refractivity contribution is 14.0. The highest BCUT2D eigenvalue weighted by atomic mass is 127. The molecular formula is C20H29ClIN5. The molecule has 7 heteroatoms. The van der Waals surface area contributed by atoms with E-state index in [0.717, 1.165) is 50.5 Å². The summed E-state index contributed by atoms with van der Waals surface area (Å²) in [6.45, 7) is 3.70. The molecule has 2 aromatic rings. The van der Waals surface area contributed by atoms with Crippen LogP contribution in [0.1, 0.15) is 17.5 Å². The van der Waals surface area contributed by atoms with Gasteiger partial charge in [0.15, 0.2) is 5.96 Å². The van der Waals surface area contributed by atoms with E-state index in [1.165, 1.54) is 5.56 Å². The van der Waals surface area contributed by atoms with Crippen molar-refractivity contribution in [2.75, 3.05) is 33.7 Å². The summed E-state index contributed by atoms with van der Waals surface area (Å²) in [6, 6.07) is 14.4. The lowest BCUT2D eigenvalue weighted by Crippen LogP contribution is -2.39. The molecular weight excluding hydrogens is 473 g/mol. The Hall–Kier alpha value is -1.38. The quantitative estimate of drug-likeness (QED) is 0.181. The molecule has 0 amide bonds. The van der Waals surface area contributed by atoms with E-state index >= 15 is 0 Å². The maximum Gasteiger partial charge on any atom is 0.190 e. The number of aromatic nitrogens is 1. The second-order valence-corrected chi connectivity index (χ2v) is 6.63. The molecule has 1 heterocycles. The van der Waals surface area contributed by atoms with Crippen molar-refractivity contribution in [1.82, 2.24) is 20.5 Å². The molecule has 0 saturated carbocycles. The van der Waals surface area contributed by atoms with Crippen molar-refractivity contribution >= 4 is 41.5 Å². The van der Waals surface area contributed by atoms with Crippen molar-refractivity contribution < 1.29 is 0 Å². The SMILES string of the molecule is CN=C(NCCCN(C)Cc1ccccc1)NCCc1ccc(Cl)nc1.I. The predicted molar refractivity (Wildman–Crippen MR) is 125 cm³/mol. The van der Waals surface area contributed by atoms with Crippen molar-refractivity contribution in [3.05, 3.63) is 64.9 Å². The maximum atomic E-state index is 5.80. The lowest BCUT2D eigenvalue weighted by Gasteiger charge is -2.17. The predicted octanol–water partition coefficient (Wildman–Crippen LogP) is 3.58. The van der Waals surface area contributed by atoms with Crippen molar-refractivity contribution in [1.29, 1.82) is 0 Å². The fourth-order valence-electron chi connectivity index (χ4n) is 2.63. The molecule has 1 aromatic heterocycles. The lowest BCUT2D eigenvalue weighted by molar-refractivity contribution is 0.322. The third-order valence-electron chi connectivity index (χ3n) is 4.02. The van der Waals surface area contributed by atoms with Crippen molar-refractivity contribution in [2.45, 2.75) is 19.4 Å². The van der Waals surface area contributed by atoms with Gasteiger partial charge in [-0.1, -0.05) is 48.0 Å². The van der Waals surface area contributed by atoms with Crippen LogP contribution >= 0.6 is 35.6 Å². The summed E-state index contributed by atoms with van der Waals surface area (Å²) in [4.78, 5) is 10.7. The van der Waals surface area contributed by atoms with Crippen LogP contribution in [0, 0.1) is 0 Å². The number of guanidine groups is 1. The third-order valence-corrected chi connectivity index (χ3v) is 4.25. The van der Waals surface area contributed by atoms with Gasteiger partial charge in [-0.3, -0.25) is 4.99 Å². The van der Waals surface area contributed by atoms with E-state index in [2.05, 4.69) is 62.9 Å². The number of hydrogen-bond acceptors (Lipinski definition) is 3. The number of benzene rings is 1. The molecule has 0 saturated heterocycles. The van der Waals surface area contributed by atoms with Gasteiger partial charge in [-0.25, -0.2) is 4.98 Å². The van der Waals surface area contributed by atoms with Crippen LogP contribution in [0.4, 0.5) is 0 Å². The van der Waals surface area contributed by atoms with Gasteiger partial charge >= 0.3 is 0 Å². The molecule has 2 N–H and O–H groups in total. The van der Waals surface area contributed by atoms with E-state index in [4.69, 9.17) is 11.6 Å². The molecule has 0 unspecified atom stereocenters. The average molecular weight is 502 g/mol. The molecule has 0 aliphatic heterocycles. The Balaban J connectivity index is 0.00000364. The van der Waals surface area contributed by atoms with E-state index in [9.17, 15) is 0 Å². The second kappa shape index (κ2) is 13.7. The Morgan fingerprint density at radius 3 is 2.48 bits per heavy atom. The van der Waals surface area contributed by atoms with E-state index in [0.29, 0.717) is 5.15 Å². The second-order valence-electron chi connectivity index (χ2n) is 6.24. The zero-order valence-corrected chi connectivity index (χ0v) is 19.1. The number of rotatable bonds is 9. The molecule has 0 aliphatic rings. The van der Waals surface area contributed by atoms with Gasteiger partial charge in [-0.05, 0) is 43.6 Å². The van der Waals surface area contributed by atoms with Crippen LogP contribution in [-0.2, 0) is 13.0 Å². The van der Waals surface area contributed by atoms with E-state index in [1.807, 2.05) is 18.3 Å². The van der Waals surface area contributed by atoms with Crippen molar-refractivity contribution in [3.8, 4) is 0 Å². The highest BCUT2D eigenvalue weighted by Gasteiger charge is 2.01. The average Bonchev–Trinajstić information content (AvgIpc) is 2.66. The monoisotopic (exact) mass is 501 g/mol. The van der Waals surface area contributed by atoms with Gasteiger partial charge in [0.1, 0.15) is 5.15 Å². The molecule has 5 nitrogen and oxygen atoms in total. The van der Waals surface area contributed by atoms with Crippen molar-refractivity contribution in [2.24, 2.45) is 4.99 Å². The van der Waals surface area contributed by atoms with Crippen LogP contribution in [-0.4, -0.2) is 49.6 Å². The molecule has 0 aliphatic carbocycles. The minimum Gasteiger partial charge on any atom is -0.356 e. The fraction of sp³-hybridized carbons (Fsp3) is 0.400. The van der Waals surface area contributed by atoms with Crippen LogP contribution in [0.25, 0.3) is 0 Å². The number of aliphatic imine (C=N–C) groups is 1. The number of nitrogens with zero attached hydrogens (tertiary/aromatic N) is 3. The molecule has 0 radical (unpaired) electrons. The van der Waals surface area contributed by atoms with Crippen molar-refractivity contribution in [3.63, 3.8) is 0 Å². The fourth-order valence-corrected chi connectivity index (χ4v) is 2.74. The molecule has 0 spiro atoms. The summed E-state index contributed by atoms with van der Waals surface area (Å²) in [5.41, 5.74) is 2.50. The molecule has 1 aromatic carbocycles. The van der Waals surface area contributed by atoms with E-state index < -0.39 is 0 Å². The normalized spacial score (nSPS) is 11.2. The van der Waals surface area contributed by atoms with Gasteiger partial charge in [-0.15, -0.1) is 24.0 Å². The Bertz CT molecular complexity index is 664. The number of pyridine rings is 1. The Labute approximate surface area is 184 Å². The van der Waals surface area contributed by atoms with Crippen LogP contribution in [0.5, 0.6) is 0 Å². The topological polar surface area (TPSA) is 52.6 Å². The standard InChI is InChI=1S/C20H28ClN5.HI/c1-22-20(24-13-11-17-9-10-19(21)25-15-17)23-12-6-14-26(2)16-18-7-4-3-5-8-18;/h3-5,7-10,15H,6,11-14,16H2,1-2H3,(H2,22,23,24);1H. The summed E-state index contributed by atoms with van der Waals surface area (Å²) in [5.74, 6) is 0.831. The first-order valence-corrected chi connectivity index (χ1v) is 9.32. The smallest absolute Gasteiger partial charge is 0.190 e. The van der Waals surface area contributed by atoms with E-state index in [-0.39, 0.29) is 24.0 Å². The number of hydrogen-bond donors (Lipinski definition) is 2. The van der Waals surface area contributed by atoms with Crippen LogP contribution in [0.15, 0.2) is 53.7 Å². The minimum atomic E-state index is 0. The van der Waals surface area contributed by atoms with Crippen LogP contribution in [0.3, 0.4) is 0 Å². The lowest BCUT2D eigenvalue weighted by atomic mass is 10.2. The third kappa shape index (κ3) is 9.93. The van der Waals surface area contributed by atoms with Gasteiger partial charge in [-0.2, -0.15) is 0 Å². The minimum absolute atomic E-state index is 0. The molecule has 148 valence electrons. The summed E-state index contributed by atoms with van der Waals surface area (Å²) in [5, 5.41) is 7.21. The van der Waals surface area contributed by atoms with Gasteiger partial charge in [0.05, 0.1) is 0 Å². The van der Waals surface area contributed by atoms with Gasteiger partial charge in [0.2, 0.25) is 0 Å². The molecule has 0 atom stereocenters. The first-order chi connectivity index (χ1) is 12.7. The zero-order valence-electron chi connectivity index (χ0n) is 16.0. The Morgan fingerprint density at radius 2 is 1.81 bits per heavy atom. The summed E-state index contributed by atoms with van der Waals surface area (Å²) >= 11 is 5.80. The number of nitrogens with one attached hydrogen (secondary N) is 2. The largest absolute Gasteiger partial charge is 0.356 e. The van der Waals surface area contributed by atoms with E-state index in [1.54, 1.807) is 7.05 Å². The van der Waals surface area contributed by atoms with Gasteiger partial charge < -0.3 is 15.5 Å². The number of halogens is 2.